The van der Waals surface area contributed by atoms with Crippen LogP contribution in [-0.4, -0.2) is 24.8 Å². The number of ether oxygens (including phenoxy) is 2. The molecule has 20 heavy (non-hydrogen) atoms. The molecule has 1 aliphatic heterocycles. The minimum Gasteiger partial charge on any atom is -0.486 e. The molecular weight excluding hydrogens is 256 g/mol. The summed E-state index contributed by atoms with van der Waals surface area (Å²) in [5, 5.41) is 5.59. The zero-order chi connectivity index (χ0) is 15.2. The molecule has 1 aromatic carbocycles. The van der Waals surface area contributed by atoms with Gasteiger partial charge in [0.25, 0.3) is 0 Å². The third kappa shape index (κ3) is 4.99. The lowest BCUT2D eigenvalue weighted by molar-refractivity contribution is 0.171. The van der Waals surface area contributed by atoms with E-state index in [2.05, 4.69) is 10.6 Å². The highest BCUT2D eigenvalue weighted by Crippen LogP contribution is 2.32. The van der Waals surface area contributed by atoms with Crippen LogP contribution in [0.1, 0.15) is 34.6 Å². The predicted octanol–water partition coefficient (Wildman–Crippen LogP) is 3.40. The summed E-state index contributed by atoms with van der Waals surface area (Å²) < 4.78 is 10.9. The molecule has 0 saturated carbocycles. The molecule has 0 radical (unpaired) electrons. The van der Waals surface area contributed by atoms with Gasteiger partial charge in [0, 0.05) is 17.3 Å². The van der Waals surface area contributed by atoms with Crippen molar-refractivity contribution in [2.45, 2.75) is 40.2 Å². The van der Waals surface area contributed by atoms with E-state index in [-0.39, 0.29) is 11.6 Å². The second-order valence-corrected chi connectivity index (χ2v) is 5.19. The number of carbonyl (C=O) groups excluding carboxylic acids is 1. The minimum atomic E-state index is -0.266. The van der Waals surface area contributed by atoms with E-state index in [4.69, 9.17) is 9.47 Å². The molecular formula is C15H24N2O3. The van der Waals surface area contributed by atoms with Gasteiger partial charge in [-0.15, -0.1) is 0 Å². The fourth-order valence-electron chi connectivity index (χ4n) is 1.62. The van der Waals surface area contributed by atoms with E-state index in [0.29, 0.717) is 30.4 Å². The molecule has 0 spiro atoms. The Bertz CT molecular complexity index is 453. The predicted molar refractivity (Wildman–Crippen MR) is 80.7 cm³/mol. The second kappa shape index (κ2) is 7.03. The Morgan fingerprint density at radius 2 is 1.70 bits per heavy atom. The lowest BCUT2D eigenvalue weighted by Crippen LogP contribution is -2.43. The number of anilines is 1. The third-order valence-electron chi connectivity index (χ3n) is 2.29. The second-order valence-electron chi connectivity index (χ2n) is 5.19. The highest BCUT2D eigenvalue weighted by atomic mass is 16.6. The van der Waals surface area contributed by atoms with Gasteiger partial charge in [-0.25, -0.2) is 4.79 Å². The van der Waals surface area contributed by atoms with Crippen LogP contribution in [0.4, 0.5) is 10.5 Å². The summed E-state index contributed by atoms with van der Waals surface area (Å²) in [6, 6.07) is 5.10. The van der Waals surface area contributed by atoms with Gasteiger partial charge in [-0.1, -0.05) is 13.8 Å². The first-order chi connectivity index (χ1) is 9.44. The van der Waals surface area contributed by atoms with E-state index < -0.39 is 0 Å². The number of benzene rings is 1. The monoisotopic (exact) mass is 280 g/mol. The number of urea groups is 1. The summed E-state index contributed by atoms with van der Waals surface area (Å²) in [6.45, 7) is 10.9. The molecule has 2 N–H and O–H groups in total. The summed E-state index contributed by atoms with van der Waals surface area (Å²) >= 11 is 0. The van der Waals surface area contributed by atoms with Crippen LogP contribution in [-0.2, 0) is 0 Å². The molecule has 0 bridgehead atoms. The average Bonchev–Trinajstić information content (AvgIpc) is 2.38. The zero-order valence-corrected chi connectivity index (χ0v) is 12.9. The standard InChI is InChI=1S/C13H18N2O3.C2H6/c1-13(2,3)15-12(16)14-9-4-5-10-11(8-9)18-7-6-17-10;1-2/h4-5,8H,6-7H2,1-3H3,(H2,14,15,16);1-2H3. The Labute approximate surface area is 120 Å². The first kappa shape index (κ1) is 16.1. The number of fused-ring (bicyclic) bond motifs is 1. The Kier molecular flexibility index (Phi) is 5.67. The molecule has 2 amide bonds. The molecule has 0 unspecified atom stereocenters. The number of nitrogens with one attached hydrogen (secondary N) is 2. The fourth-order valence-corrected chi connectivity index (χ4v) is 1.62. The molecule has 5 heteroatoms. The maximum Gasteiger partial charge on any atom is 0.319 e. The van der Waals surface area contributed by atoms with Gasteiger partial charge in [-0.2, -0.15) is 0 Å². The molecule has 1 heterocycles. The van der Waals surface area contributed by atoms with Gasteiger partial charge in [-0.05, 0) is 32.9 Å². The number of rotatable bonds is 1. The van der Waals surface area contributed by atoms with Crippen LogP contribution in [0.25, 0.3) is 0 Å². The summed E-state index contributed by atoms with van der Waals surface area (Å²) in [5.41, 5.74) is 0.416. The highest BCUT2D eigenvalue weighted by molar-refractivity contribution is 5.90. The average molecular weight is 280 g/mol. The maximum atomic E-state index is 11.7. The van der Waals surface area contributed by atoms with Crippen molar-refractivity contribution >= 4 is 11.7 Å². The van der Waals surface area contributed by atoms with Crippen molar-refractivity contribution in [1.82, 2.24) is 5.32 Å². The first-order valence-corrected chi connectivity index (χ1v) is 6.93. The topological polar surface area (TPSA) is 59.6 Å². The molecule has 2 rings (SSSR count). The van der Waals surface area contributed by atoms with Gasteiger partial charge in [0.05, 0.1) is 0 Å². The van der Waals surface area contributed by atoms with Gasteiger partial charge in [0.15, 0.2) is 11.5 Å². The number of hydrogen-bond acceptors (Lipinski definition) is 3. The van der Waals surface area contributed by atoms with Crippen LogP contribution in [0, 0.1) is 0 Å². The van der Waals surface area contributed by atoms with Crippen molar-refractivity contribution in [3.05, 3.63) is 18.2 Å². The van der Waals surface area contributed by atoms with E-state index >= 15 is 0 Å². The summed E-state index contributed by atoms with van der Waals surface area (Å²) in [4.78, 5) is 11.7. The van der Waals surface area contributed by atoms with E-state index in [1.807, 2.05) is 34.6 Å². The molecule has 0 saturated heterocycles. The summed E-state index contributed by atoms with van der Waals surface area (Å²) in [6.07, 6.45) is 0. The summed E-state index contributed by atoms with van der Waals surface area (Å²) in [5.74, 6) is 1.37. The van der Waals surface area contributed by atoms with Crippen LogP contribution < -0.4 is 20.1 Å². The third-order valence-corrected chi connectivity index (χ3v) is 2.29. The highest BCUT2D eigenvalue weighted by Gasteiger charge is 2.15. The molecule has 1 aromatic rings. The first-order valence-electron chi connectivity index (χ1n) is 6.93. The lowest BCUT2D eigenvalue weighted by atomic mass is 10.1. The van der Waals surface area contributed by atoms with E-state index in [1.165, 1.54) is 0 Å². The lowest BCUT2D eigenvalue weighted by Gasteiger charge is -2.22. The van der Waals surface area contributed by atoms with Crippen molar-refractivity contribution in [3.63, 3.8) is 0 Å². The molecule has 0 atom stereocenters. The summed E-state index contributed by atoms with van der Waals surface area (Å²) in [7, 11) is 0. The molecule has 0 aliphatic carbocycles. The van der Waals surface area contributed by atoms with Gasteiger partial charge >= 0.3 is 6.03 Å². The quantitative estimate of drug-likeness (QED) is 0.828. The molecule has 112 valence electrons. The van der Waals surface area contributed by atoms with E-state index in [9.17, 15) is 4.79 Å². The van der Waals surface area contributed by atoms with Crippen LogP contribution >= 0.6 is 0 Å². The van der Waals surface area contributed by atoms with Crippen LogP contribution in [0.15, 0.2) is 18.2 Å². The Balaban J connectivity index is 0.000000956. The zero-order valence-electron chi connectivity index (χ0n) is 12.9. The Morgan fingerprint density at radius 3 is 2.30 bits per heavy atom. The van der Waals surface area contributed by atoms with Gasteiger partial charge in [0.2, 0.25) is 0 Å². The van der Waals surface area contributed by atoms with Crippen molar-refractivity contribution in [2.24, 2.45) is 0 Å². The molecule has 0 fully saturated rings. The van der Waals surface area contributed by atoms with E-state index in [0.717, 1.165) is 0 Å². The maximum absolute atomic E-state index is 11.7. The number of carbonyl (C=O) groups is 1. The van der Waals surface area contributed by atoms with Crippen LogP contribution in [0.5, 0.6) is 11.5 Å². The van der Waals surface area contributed by atoms with Crippen LogP contribution in [0.2, 0.25) is 0 Å². The molecule has 1 aliphatic rings. The van der Waals surface area contributed by atoms with Gasteiger partial charge in [-0.3, -0.25) is 0 Å². The molecule has 5 nitrogen and oxygen atoms in total. The fraction of sp³-hybridized carbons (Fsp3) is 0.533. The Morgan fingerprint density at radius 1 is 1.10 bits per heavy atom. The van der Waals surface area contributed by atoms with Gasteiger partial charge < -0.3 is 20.1 Å². The van der Waals surface area contributed by atoms with Gasteiger partial charge in [0.1, 0.15) is 13.2 Å². The normalized spacial score (nSPS) is 12.8. The Hall–Kier alpha value is -1.91. The van der Waals surface area contributed by atoms with Crippen molar-refractivity contribution in [2.75, 3.05) is 18.5 Å². The largest absolute Gasteiger partial charge is 0.486 e. The van der Waals surface area contributed by atoms with Crippen molar-refractivity contribution in [3.8, 4) is 11.5 Å². The van der Waals surface area contributed by atoms with Crippen molar-refractivity contribution < 1.29 is 14.3 Å². The number of hydrogen-bond donors (Lipinski definition) is 2. The van der Waals surface area contributed by atoms with Crippen LogP contribution in [0.3, 0.4) is 0 Å². The van der Waals surface area contributed by atoms with Crippen molar-refractivity contribution in [1.29, 1.82) is 0 Å². The smallest absolute Gasteiger partial charge is 0.319 e. The SMILES string of the molecule is CC.CC(C)(C)NC(=O)Nc1ccc2c(c1)OCCO2. The number of amides is 2. The minimum absolute atomic E-state index is 0.237. The molecule has 0 aromatic heterocycles. The van der Waals surface area contributed by atoms with E-state index in [1.54, 1.807) is 18.2 Å².